The number of aromatic nitrogens is 2. The summed E-state index contributed by atoms with van der Waals surface area (Å²) in [5.74, 6) is -0.702. The molecular formula is C19H14ClF4N3O2. The Morgan fingerprint density at radius 1 is 1.21 bits per heavy atom. The quantitative estimate of drug-likeness (QED) is 0.543. The highest BCUT2D eigenvalue weighted by atomic mass is 35.5. The van der Waals surface area contributed by atoms with E-state index in [1.165, 1.54) is 24.4 Å². The van der Waals surface area contributed by atoms with Crippen LogP contribution in [0.15, 0.2) is 47.4 Å². The molecule has 0 aliphatic carbocycles. The normalized spacial score (nSPS) is 11.4. The summed E-state index contributed by atoms with van der Waals surface area (Å²) >= 11 is 5.78. The molecule has 3 rings (SSSR count). The molecular weight excluding hydrogens is 414 g/mol. The highest BCUT2D eigenvalue weighted by Gasteiger charge is 2.36. The zero-order valence-corrected chi connectivity index (χ0v) is 15.7. The second kappa shape index (κ2) is 8.12. The first kappa shape index (κ1) is 20.7. The van der Waals surface area contributed by atoms with Gasteiger partial charge in [0, 0.05) is 30.1 Å². The van der Waals surface area contributed by atoms with Gasteiger partial charge in [-0.25, -0.2) is 9.37 Å². The number of halogens is 5. The molecule has 0 aliphatic rings. The number of anilines is 1. The van der Waals surface area contributed by atoms with Gasteiger partial charge in [-0.2, -0.15) is 13.2 Å². The molecule has 0 bridgehead atoms. The Hall–Kier alpha value is -3.07. The first-order valence-corrected chi connectivity index (χ1v) is 8.64. The summed E-state index contributed by atoms with van der Waals surface area (Å²) in [7, 11) is 0. The van der Waals surface area contributed by atoms with E-state index in [0.29, 0.717) is 11.3 Å². The van der Waals surface area contributed by atoms with Crippen molar-refractivity contribution in [1.29, 1.82) is 0 Å². The van der Waals surface area contributed by atoms with Crippen LogP contribution in [0, 0.1) is 12.7 Å². The van der Waals surface area contributed by atoms with E-state index in [9.17, 15) is 22.4 Å². The number of ether oxygens (including phenoxy) is 1. The van der Waals surface area contributed by atoms with Gasteiger partial charge in [0.05, 0.1) is 5.02 Å². The Morgan fingerprint density at radius 2 is 1.97 bits per heavy atom. The van der Waals surface area contributed by atoms with E-state index in [-0.39, 0.29) is 29.3 Å². The second-order valence-corrected chi connectivity index (χ2v) is 6.50. The molecule has 29 heavy (non-hydrogen) atoms. The highest BCUT2D eigenvalue weighted by molar-refractivity contribution is 6.31. The number of H-pyrrole nitrogens is 1. The lowest BCUT2D eigenvalue weighted by molar-refractivity contribution is -0.141. The molecule has 0 amide bonds. The van der Waals surface area contributed by atoms with Crippen LogP contribution in [-0.2, 0) is 12.7 Å². The van der Waals surface area contributed by atoms with Gasteiger partial charge >= 0.3 is 6.18 Å². The van der Waals surface area contributed by atoms with Crippen LogP contribution >= 0.6 is 11.6 Å². The number of hydrogen-bond acceptors (Lipinski definition) is 4. The third-order valence-corrected chi connectivity index (χ3v) is 4.17. The van der Waals surface area contributed by atoms with Crippen LogP contribution in [0.25, 0.3) is 0 Å². The summed E-state index contributed by atoms with van der Waals surface area (Å²) in [5, 5.41) is 2.30. The van der Waals surface area contributed by atoms with E-state index in [1.54, 1.807) is 13.0 Å². The van der Waals surface area contributed by atoms with Gasteiger partial charge < -0.3 is 15.0 Å². The van der Waals surface area contributed by atoms with Crippen molar-refractivity contribution in [2.45, 2.75) is 19.6 Å². The minimum atomic E-state index is -4.79. The first-order chi connectivity index (χ1) is 13.6. The summed E-state index contributed by atoms with van der Waals surface area (Å²) in [5.41, 5.74) is -0.615. The third-order valence-electron chi connectivity index (χ3n) is 3.89. The van der Waals surface area contributed by atoms with Crippen LogP contribution in [0.1, 0.15) is 16.8 Å². The van der Waals surface area contributed by atoms with E-state index in [2.05, 4.69) is 15.3 Å². The number of nitrogens with one attached hydrogen (secondary N) is 2. The lowest BCUT2D eigenvalue weighted by atomic mass is 10.2. The summed E-state index contributed by atoms with van der Waals surface area (Å²) in [6, 6.07) is 7.55. The summed E-state index contributed by atoms with van der Waals surface area (Å²) in [6.07, 6.45) is -3.37. The Bertz CT molecular complexity index is 1100. The maximum absolute atomic E-state index is 13.3. The largest absolute Gasteiger partial charge is 0.438 e. The van der Waals surface area contributed by atoms with Crippen LogP contribution < -0.4 is 15.6 Å². The second-order valence-electron chi connectivity index (χ2n) is 6.09. The number of pyridine rings is 2. The van der Waals surface area contributed by atoms with Crippen LogP contribution in [-0.4, -0.2) is 9.97 Å². The van der Waals surface area contributed by atoms with Crippen molar-refractivity contribution in [2.75, 3.05) is 5.32 Å². The number of rotatable bonds is 5. The molecule has 0 aliphatic heterocycles. The van der Waals surface area contributed by atoms with Gasteiger partial charge in [-0.1, -0.05) is 11.6 Å². The van der Waals surface area contributed by atoms with E-state index >= 15 is 0 Å². The number of aromatic amines is 1. The minimum absolute atomic E-state index is 0.0239. The molecule has 0 saturated carbocycles. The van der Waals surface area contributed by atoms with Gasteiger partial charge in [-0.05, 0) is 42.8 Å². The summed E-state index contributed by atoms with van der Waals surface area (Å²) in [4.78, 5) is 17.4. The standard InChI is InChI=1S/C19H14ClF4N3O2/c1-10-6-12(21)2-3-15(10)29-18-11(7-14(20)17(27-18)19(22,23)24)9-26-13-4-5-25-16(28)8-13/h2-8H,9H2,1H3,(H2,25,26,28). The molecule has 0 unspecified atom stereocenters. The van der Waals surface area contributed by atoms with Crippen molar-refractivity contribution in [3.05, 3.63) is 80.6 Å². The topological polar surface area (TPSA) is 67.0 Å². The van der Waals surface area contributed by atoms with Gasteiger partial charge in [0.2, 0.25) is 11.4 Å². The predicted octanol–water partition coefficient (Wildman–Crippen LogP) is 5.29. The molecule has 0 fully saturated rings. The van der Waals surface area contributed by atoms with Crippen LogP contribution in [0.5, 0.6) is 11.6 Å². The number of aryl methyl sites for hydroxylation is 1. The molecule has 1 aromatic carbocycles. The van der Waals surface area contributed by atoms with Gasteiger partial charge in [-0.15, -0.1) is 0 Å². The molecule has 2 N–H and O–H groups in total. The Labute approximate surface area is 167 Å². The maximum Gasteiger partial charge on any atom is 0.434 e. The fourth-order valence-corrected chi connectivity index (χ4v) is 2.79. The molecule has 152 valence electrons. The fraction of sp³-hybridized carbons (Fsp3) is 0.158. The number of alkyl halides is 3. The summed E-state index contributed by atoms with van der Waals surface area (Å²) < 4.78 is 58.5. The lowest BCUT2D eigenvalue weighted by Gasteiger charge is -2.16. The Morgan fingerprint density at radius 3 is 2.62 bits per heavy atom. The molecule has 0 spiro atoms. The molecule has 10 heteroatoms. The van der Waals surface area contributed by atoms with Crippen molar-refractivity contribution in [3.63, 3.8) is 0 Å². The van der Waals surface area contributed by atoms with Crippen molar-refractivity contribution in [3.8, 4) is 11.6 Å². The van der Waals surface area contributed by atoms with Gasteiger partial charge in [0.1, 0.15) is 11.6 Å². The average molecular weight is 428 g/mol. The van der Waals surface area contributed by atoms with Gasteiger partial charge in [0.15, 0.2) is 5.69 Å². The average Bonchev–Trinajstić information content (AvgIpc) is 2.62. The first-order valence-electron chi connectivity index (χ1n) is 8.27. The number of benzene rings is 1. The Kier molecular flexibility index (Phi) is 5.78. The molecule has 0 radical (unpaired) electrons. The van der Waals surface area contributed by atoms with Crippen LogP contribution in [0.2, 0.25) is 5.02 Å². The Balaban J connectivity index is 1.99. The van der Waals surface area contributed by atoms with Gasteiger partial charge in [-0.3, -0.25) is 4.79 Å². The monoisotopic (exact) mass is 427 g/mol. The third kappa shape index (κ3) is 5.05. The highest BCUT2D eigenvalue weighted by Crippen LogP contribution is 2.37. The summed E-state index contributed by atoms with van der Waals surface area (Å²) in [6.45, 7) is 1.52. The number of nitrogens with zero attached hydrogens (tertiary/aromatic N) is 1. The zero-order chi connectivity index (χ0) is 21.2. The van der Waals surface area contributed by atoms with Crippen molar-refractivity contribution < 1.29 is 22.3 Å². The van der Waals surface area contributed by atoms with E-state index in [1.807, 2.05) is 0 Å². The zero-order valence-electron chi connectivity index (χ0n) is 14.9. The smallest absolute Gasteiger partial charge is 0.434 e. The van der Waals surface area contributed by atoms with Crippen LogP contribution in [0.4, 0.5) is 23.2 Å². The van der Waals surface area contributed by atoms with E-state index < -0.39 is 22.7 Å². The lowest BCUT2D eigenvalue weighted by Crippen LogP contribution is -2.13. The molecule has 2 heterocycles. The van der Waals surface area contributed by atoms with E-state index in [0.717, 1.165) is 12.1 Å². The van der Waals surface area contributed by atoms with Crippen molar-refractivity contribution in [1.82, 2.24) is 9.97 Å². The maximum atomic E-state index is 13.3. The molecule has 0 atom stereocenters. The molecule has 5 nitrogen and oxygen atoms in total. The van der Waals surface area contributed by atoms with Crippen LogP contribution in [0.3, 0.4) is 0 Å². The minimum Gasteiger partial charge on any atom is -0.438 e. The number of hydrogen-bond donors (Lipinski definition) is 2. The fourth-order valence-electron chi connectivity index (χ4n) is 2.51. The van der Waals surface area contributed by atoms with Gasteiger partial charge in [0.25, 0.3) is 0 Å². The van der Waals surface area contributed by atoms with E-state index in [4.69, 9.17) is 16.3 Å². The predicted molar refractivity (Wildman–Crippen MR) is 99.8 cm³/mol. The molecule has 2 aromatic heterocycles. The molecule has 3 aromatic rings. The molecule has 0 saturated heterocycles. The van der Waals surface area contributed by atoms with Crippen molar-refractivity contribution >= 4 is 17.3 Å². The SMILES string of the molecule is Cc1cc(F)ccc1Oc1nc(C(F)(F)F)c(Cl)cc1CNc1cc[nH]c(=O)c1. The van der Waals surface area contributed by atoms with Crippen molar-refractivity contribution in [2.24, 2.45) is 0 Å².